The number of carboxylic acids is 1. The summed E-state index contributed by atoms with van der Waals surface area (Å²) in [5, 5.41) is 11.6. The molecule has 0 atom stereocenters. The topological polar surface area (TPSA) is 101 Å². The monoisotopic (exact) mass is 522 g/mol. The first-order chi connectivity index (χ1) is 17.5. The number of methoxy groups -OCH3 is 2. The standard InChI is InChI=1S/C24H28N2O4.C2HF3O2/c1-16-12-17(4-6-22(16)29-3)15-26-10-8-18(9-11-26)25-21-14-24(27)30-23-7-5-19(28-2)13-20(21)23;3-2(4,5)1(6)7/h4-7,12-14,18,25H,8-11,15H2,1-3H3;(H,6,7). The number of alkyl halides is 3. The number of nitrogens with one attached hydrogen (secondary N) is 1. The van der Waals surface area contributed by atoms with Gasteiger partial charge < -0.3 is 24.3 Å². The largest absolute Gasteiger partial charge is 0.497 e. The second-order valence-electron chi connectivity index (χ2n) is 8.64. The highest BCUT2D eigenvalue weighted by Crippen LogP contribution is 2.28. The zero-order chi connectivity index (χ0) is 27.2. The highest BCUT2D eigenvalue weighted by atomic mass is 19.4. The number of carboxylic acid groups (broad SMARTS) is 1. The minimum absolute atomic E-state index is 0.315. The molecule has 0 amide bonds. The third-order valence-corrected chi connectivity index (χ3v) is 6.00. The third kappa shape index (κ3) is 7.63. The van der Waals surface area contributed by atoms with Crippen LogP contribution in [0.2, 0.25) is 0 Å². The van der Waals surface area contributed by atoms with E-state index in [1.165, 1.54) is 11.6 Å². The number of anilines is 1. The maximum atomic E-state index is 12.0. The molecular formula is C26H29F3N2O6. The number of halogens is 3. The van der Waals surface area contributed by atoms with Crippen molar-refractivity contribution in [3.63, 3.8) is 0 Å². The van der Waals surface area contributed by atoms with Crippen molar-refractivity contribution in [2.75, 3.05) is 32.6 Å². The molecule has 1 aliphatic rings. The zero-order valence-corrected chi connectivity index (χ0v) is 20.7. The maximum Gasteiger partial charge on any atom is 0.490 e. The fourth-order valence-electron chi connectivity index (χ4n) is 4.14. The van der Waals surface area contributed by atoms with Crippen molar-refractivity contribution < 1.29 is 37.0 Å². The number of ether oxygens (including phenoxy) is 2. The summed E-state index contributed by atoms with van der Waals surface area (Å²) in [5.74, 6) is -1.09. The number of carbonyl (C=O) groups is 1. The second-order valence-corrected chi connectivity index (χ2v) is 8.64. The van der Waals surface area contributed by atoms with E-state index in [9.17, 15) is 18.0 Å². The lowest BCUT2D eigenvalue weighted by Gasteiger charge is -2.33. The summed E-state index contributed by atoms with van der Waals surface area (Å²) in [6, 6.07) is 13.7. The summed E-state index contributed by atoms with van der Waals surface area (Å²) in [5.41, 5.74) is 3.50. The molecule has 0 aliphatic carbocycles. The van der Waals surface area contributed by atoms with Crippen LogP contribution in [-0.4, -0.2) is 55.5 Å². The lowest BCUT2D eigenvalue weighted by molar-refractivity contribution is -0.192. The van der Waals surface area contributed by atoms with E-state index in [2.05, 4.69) is 29.3 Å². The first kappa shape index (κ1) is 27.9. The summed E-state index contributed by atoms with van der Waals surface area (Å²) in [6.07, 6.45) is -3.05. The lowest BCUT2D eigenvalue weighted by atomic mass is 10.0. The van der Waals surface area contributed by atoms with Crippen molar-refractivity contribution in [3.8, 4) is 11.5 Å². The van der Waals surface area contributed by atoms with Crippen molar-refractivity contribution in [2.45, 2.75) is 38.5 Å². The Bertz CT molecular complexity index is 1280. The number of likely N-dealkylation sites (tertiary alicyclic amines) is 1. The van der Waals surface area contributed by atoms with Crippen LogP contribution in [0.5, 0.6) is 11.5 Å². The highest BCUT2D eigenvalue weighted by molar-refractivity contribution is 5.90. The molecule has 2 N–H and O–H groups in total. The van der Waals surface area contributed by atoms with Gasteiger partial charge in [-0.25, -0.2) is 9.59 Å². The number of rotatable bonds is 6. The van der Waals surface area contributed by atoms with E-state index in [4.69, 9.17) is 23.8 Å². The fourth-order valence-corrected chi connectivity index (χ4v) is 4.14. The molecule has 1 fully saturated rings. The zero-order valence-electron chi connectivity index (χ0n) is 20.7. The van der Waals surface area contributed by atoms with Crippen molar-refractivity contribution in [3.05, 3.63) is 64.0 Å². The van der Waals surface area contributed by atoms with Gasteiger partial charge in [-0.3, -0.25) is 4.90 Å². The number of fused-ring (bicyclic) bond motifs is 1. The molecule has 1 saturated heterocycles. The molecule has 11 heteroatoms. The van der Waals surface area contributed by atoms with Gasteiger partial charge in [-0.05, 0) is 55.2 Å². The van der Waals surface area contributed by atoms with Crippen LogP contribution in [0.3, 0.4) is 0 Å². The Balaban J connectivity index is 0.000000479. The molecule has 0 radical (unpaired) electrons. The normalized spacial score (nSPS) is 14.5. The summed E-state index contributed by atoms with van der Waals surface area (Å²) >= 11 is 0. The molecule has 1 aliphatic heterocycles. The Hall–Kier alpha value is -3.73. The molecule has 37 heavy (non-hydrogen) atoms. The summed E-state index contributed by atoms with van der Waals surface area (Å²) in [7, 11) is 3.34. The summed E-state index contributed by atoms with van der Waals surface area (Å²) in [6.45, 7) is 5.03. The molecule has 0 saturated carbocycles. The molecule has 2 aromatic carbocycles. The maximum absolute atomic E-state index is 12.0. The van der Waals surface area contributed by atoms with Gasteiger partial charge in [-0.1, -0.05) is 12.1 Å². The van der Waals surface area contributed by atoms with Gasteiger partial charge in [0.05, 0.1) is 19.9 Å². The number of nitrogens with zero attached hydrogens (tertiary/aromatic N) is 1. The van der Waals surface area contributed by atoms with Crippen molar-refractivity contribution in [2.24, 2.45) is 0 Å². The van der Waals surface area contributed by atoms with Crippen LogP contribution in [-0.2, 0) is 11.3 Å². The SMILES string of the molecule is COc1ccc2oc(=O)cc(NC3CCN(Cc4ccc(OC)c(C)c4)CC3)c2c1.O=C(O)C(F)(F)F. The van der Waals surface area contributed by atoms with Gasteiger partial charge in [0, 0.05) is 37.1 Å². The van der Waals surface area contributed by atoms with Crippen LogP contribution in [0.4, 0.5) is 18.9 Å². The van der Waals surface area contributed by atoms with Gasteiger partial charge in [-0.15, -0.1) is 0 Å². The number of benzene rings is 2. The number of piperidine rings is 1. The number of hydrogen-bond acceptors (Lipinski definition) is 7. The Morgan fingerprint density at radius 3 is 2.35 bits per heavy atom. The predicted molar refractivity (Wildman–Crippen MR) is 132 cm³/mol. The van der Waals surface area contributed by atoms with Crippen LogP contribution < -0.4 is 20.4 Å². The predicted octanol–water partition coefficient (Wildman–Crippen LogP) is 4.83. The molecule has 0 unspecified atom stereocenters. The number of hydrogen-bond donors (Lipinski definition) is 2. The third-order valence-electron chi connectivity index (χ3n) is 6.00. The van der Waals surface area contributed by atoms with Gasteiger partial charge in [0.15, 0.2) is 0 Å². The van der Waals surface area contributed by atoms with Crippen LogP contribution >= 0.6 is 0 Å². The van der Waals surface area contributed by atoms with E-state index in [-0.39, 0.29) is 5.63 Å². The number of aryl methyl sites for hydroxylation is 1. The first-order valence-corrected chi connectivity index (χ1v) is 11.5. The van der Waals surface area contributed by atoms with E-state index >= 15 is 0 Å². The van der Waals surface area contributed by atoms with Gasteiger partial charge in [0.2, 0.25) is 0 Å². The smallest absolute Gasteiger partial charge is 0.490 e. The van der Waals surface area contributed by atoms with Crippen LogP contribution in [0.15, 0.2) is 51.7 Å². The molecular weight excluding hydrogens is 493 g/mol. The van der Waals surface area contributed by atoms with Crippen molar-refractivity contribution in [1.29, 1.82) is 0 Å². The van der Waals surface area contributed by atoms with E-state index in [1.54, 1.807) is 26.4 Å². The minimum atomic E-state index is -5.08. The van der Waals surface area contributed by atoms with Gasteiger partial charge in [-0.2, -0.15) is 13.2 Å². The molecule has 4 rings (SSSR count). The van der Waals surface area contributed by atoms with Gasteiger partial charge in [0.25, 0.3) is 0 Å². The Kier molecular flexibility index (Phi) is 9.04. The molecule has 0 spiro atoms. The molecule has 2 heterocycles. The first-order valence-electron chi connectivity index (χ1n) is 11.5. The average Bonchev–Trinajstić information content (AvgIpc) is 2.85. The van der Waals surface area contributed by atoms with Crippen molar-refractivity contribution >= 4 is 22.6 Å². The van der Waals surface area contributed by atoms with Crippen LogP contribution in [0.25, 0.3) is 11.0 Å². The molecule has 0 bridgehead atoms. The van der Waals surface area contributed by atoms with E-state index in [0.717, 1.165) is 60.6 Å². The van der Waals surface area contributed by atoms with Gasteiger partial charge >= 0.3 is 17.8 Å². The Labute approximate surface area is 211 Å². The quantitative estimate of drug-likeness (QED) is 0.444. The molecule has 3 aromatic rings. The lowest BCUT2D eigenvalue weighted by Crippen LogP contribution is -2.38. The van der Waals surface area contributed by atoms with E-state index in [1.807, 2.05) is 12.1 Å². The minimum Gasteiger partial charge on any atom is -0.497 e. The number of aliphatic carboxylic acids is 1. The Morgan fingerprint density at radius 1 is 1.11 bits per heavy atom. The Morgan fingerprint density at radius 2 is 1.78 bits per heavy atom. The van der Waals surface area contributed by atoms with E-state index in [0.29, 0.717) is 11.6 Å². The van der Waals surface area contributed by atoms with E-state index < -0.39 is 12.1 Å². The van der Waals surface area contributed by atoms with Crippen LogP contribution in [0, 0.1) is 6.92 Å². The molecule has 200 valence electrons. The molecule has 8 nitrogen and oxygen atoms in total. The second kappa shape index (κ2) is 12.0. The fraction of sp³-hybridized carbons (Fsp3) is 0.385. The van der Waals surface area contributed by atoms with Crippen molar-refractivity contribution in [1.82, 2.24) is 4.90 Å². The molecule has 1 aromatic heterocycles. The van der Waals surface area contributed by atoms with Gasteiger partial charge in [0.1, 0.15) is 17.1 Å². The average molecular weight is 523 g/mol. The summed E-state index contributed by atoms with van der Waals surface area (Å²) < 4.78 is 47.8. The van der Waals surface area contributed by atoms with Crippen LogP contribution in [0.1, 0.15) is 24.0 Å². The summed E-state index contributed by atoms with van der Waals surface area (Å²) in [4.78, 5) is 23.3. The highest BCUT2D eigenvalue weighted by Gasteiger charge is 2.38.